The van der Waals surface area contributed by atoms with Gasteiger partial charge in [-0.05, 0) is 13.0 Å². The van der Waals surface area contributed by atoms with E-state index in [0.717, 1.165) is 5.56 Å². The molecule has 1 saturated heterocycles. The van der Waals surface area contributed by atoms with Crippen molar-refractivity contribution >= 4 is 5.91 Å². The predicted octanol–water partition coefficient (Wildman–Crippen LogP) is 1.94. The third-order valence-electron chi connectivity index (χ3n) is 4.31. The standard InChI is InChI=1S/C16H18N2O3/c1-10-11(2)21-15-13(10)4-3-5-14(15)16(19)18-6-7-20-9-12(18)8-17/h3-5,10-12H,6-7,9H2,1-2H3/t10-,11+,12+/m1/s1. The number of nitriles is 1. The number of nitrogens with zero attached hydrogens (tertiary/aromatic N) is 2. The van der Waals surface area contributed by atoms with Crippen molar-refractivity contribution in [1.82, 2.24) is 4.90 Å². The quantitative estimate of drug-likeness (QED) is 0.791. The smallest absolute Gasteiger partial charge is 0.258 e. The molecule has 0 saturated carbocycles. The molecule has 110 valence electrons. The molecule has 1 amide bonds. The van der Waals surface area contributed by atoms with Crippen LogP contribution in [0.25, 0.3) is 0 Å². The summed E-state index contributed by atoms with van der Waals surface area (Å²) in [6, 6.07) is 7.26. The maximum absolute atomic E-state index is 12.8. The van der Waals surface area contributed by atoms with Gasteiger partial charge in [0.2, 0.25) is 0 Å². The summed E-state index contributed by atoms with van der Waals surface area (Å²) in [4.78, 5) is 14.4. The van der Waals surface area contributed by atoms with Crippen LogP contribution in [0.2, 0.25) is 0 Å². The molecule has 1 fully saturated rings. The summed E-state index contributed by atoms with van der Waals surface area (Å²) >= 11 is 0. The number of carbonyl (C=O) groups excluding carboxylic acids is 1. The topological polar surface area (TPSA) is 62.6 Å². The minimum Gasteiger partial charge on any atom is -0.489 e. The molecule has 2 heterocycles. The predicted molar refractivity (Wildman–Crippen MR) is 76.2 cm³/mol. The summed E-state index contributed by atoms with van der Waals surface area (Å²) < 4.78 is 11.1. The number of hydrogen-bond acceptors (Lipinski definition) is 4. The SMILES string of the molecule is C[C@@H]1Oc2c(C(=O)N3CCOC[C@@H]3C#N)cccc2[C@@H]1C. The molecule has 0 spiro atoms. The second-order valence-corrected chi connectivity index (χ2v) is 5.55. The van der Waals surface area contributed by atoms with Crippen LogP contribution in [0.4, 0.5) is 0 Å². The molecule has 1 aromatic rings. The van der Waals surface area contributed by atoms with Gasteiger partial charge in [0.1, 0.15) is 17.9 Å². The van der Waals surface area contributed by atoms with Crippen LogP contribution in [0.1, 0.15) is 35.7 Å². The fraction of sp³-hybridized carbons (Fsp3) is 0.500. The summed E-state index contributed by atoms with van der Waals surface area (Å²) in [6.45, 7) is 5.27. The van der Waals surface area contributed by atoms with E-state index in [0.29, 0.717) is 24.5 Å². The molecular formula is C16H18N2O3. The van der Waals surface area contributed by atoms with Crippen LogP contribution in [0.15, 0.2) is 18.2 Å². The molecule has 5 nitrogen and oxygen atoms in total. The van der Waals surface area contributed by atoms with Gasteiger partial charge in [0.15, 0.2) is 0 Å². The molecular weight excluding hydrogens is 268 g/mol. The van der Waals surface area contributed by atoms with Crippen LogP contribution in [0.3, 0.4) is 0 Å². The highest BCUT2D eigenvalue weighted by atomic mass is 16.5. The Kier molecular flexibility index (Phi) is 3.56. The van der Waals surface area contributed by atoms with Gasteiger partial charge in [0, 0.05) is 18.0 Å². The Morgan fingerprint density at radius 2 is 2.24 bits per heavy atom. The van der Waals surface area contributed by atoms with Crippen LogP contribution in [-0.2, 0) is 4.74 Å². The zero-order chi connectivity index (χ0) is 15.0. The first kappa shape index (κ1) is 13.9. The molecule has 21 heavy (non-hydrogen) atoms. The lowest BCUT2D eigenvalue weighted by Gasteiger charge is -2.31. The van der Waals surface area contributed by atoms with E-state index in [4.69, 9.17) is 9.47 Å². The second kappa shape index (κ2) is 5.38. The van der Waals surface area contributed by atoms with Crippen molar-refractivity contribution in [3.63, 3.8) is 0 Å². The van der Waals surface area contributed by atoms with Crippen molar-refractivity contribution in [3.8, 4) is 11.8 Å². The summed E-state index contributed by atoms with van der Waals surface area (Å²) in [6.07, 6.45) is 0.0606. The summed E-state index contributed by atoms with van der Waals surface area (Å²) in [7, 11) is 0. The summed E-state index contributed by atoms with van der Waals surface area (Å²) in [5.41, 5.74) is 1.61. The van der Waals surface area contributed by atoms with Crippen LogP contribution in [0.5, 0.6) is 5.75 Å². The van der Waals surface area contributed by atoms with E-state index in [9.17, 15) is 10.1 Å². The zero-order valence-corrected chi connectivity index (χ0v) is 12.2. The minimum atomic E-state index is -0.529. The van der Waals surface area contributed by atoms with E-state index in [1.807, 2.05) is 19.1 Å². The number of ether oxygens (including phenoxy) is 2. The van der Waals surface area contributed by atoms with Gasteiger partial charge in [-0.3, -0.25) is 4.79 Å². The molecule has 3 atom stereocenters. The Hall–Kier alpha value is -2.06. The highest BCUT2D eigenvalue weighted by Gasteiger charge is 2.34. The maximum Gasteiger partial charge on any atom is 0.258 e. The fourth-order valence-corrected chi connectivity index (χ4v) is 2.86. The third-order valence-corrected chi connectivity index (χ3v) is 4.31. The van der Waals surface area contributed by atoms with E-state index in [-0.39, 0.29) is 24.5 Å². The van der Waals surface area contributed by atoms with E-state index < -0.39 is 6.04 Å². The molecule has 2 aliphatic rings. The van der Waals surface area contributed by atoms with Crippen molar-refractivity contribution in [2.24, 2.45) is 0 Å². The largest absolute Gasteiger partial charge is 0.489 e. The Labute approximate surface area is 124 Å². The molecule has 0 aliphatic carbocycles. The minimum absolute atomic E-state index is 0.0606. The van der Waals surface area contributed by atoms with E-state index >= 15 is 0 Å². The molecule has 0 N–H and O–H groups in total. The Balaban J connectivity index is 1.95. The number of benzene rings is 1. The van der Waals surface area contributed by atoms with Crippen LogP contribution in [0, 0.1) is 11.3 Å². The molecule has 2 aliphatic heterocycles. The lowest BCUT2D eigenvalue weighted by Crippen LogP contribution is -2.48. The van der Waals surface area contributed by atoms with Crippen LogP contribution < -0.4 is 4.74 Å². The maximum atomic E-state index is 12.8. The fourth-order valence-electron chi connectivity index (χ4n) is 2.86. The van der Waals surface area contributed by atoms with Crippen molar-refractivity contribution in [2.45, 2.75) is 31.9 Å². The number of carbonyl (C=O) groups is 1. The Bertz CT molecular complexity index is 608. The second-order valence-electron chi connectivity index (χ2n) is 5.55. The number of rotatable bonds is 1. The molecule has 5 heteroatoms. The van der Waals surface area contributed by atoms with E-state index in [1.165, 1.54) is 0 Å². The lowest BCUT2D eigenvalue weighted by molar-refractivity contribution is 0.0130. The van der Waals surface area contributed by atoms with Gasteiger partial charge in [-0.15, -0.1) is 0 Å². The first-order chi connectivity index (χ1) is 10.1. The Morgan fingerprint density at radius 1 is 1.43 bits per heavy atom. The number of fused-ring (bicyclic) bond motifs is 1. The van der Waals surface area contributed by atoms with Gasteiger partial charge >= 0.3 is 0 Å². The van der Waals surface area contributed by atoms with Crippen LogP contribution in [-0.4, -0.2) is 42.7 Å². The number of hydrogen-bond donors (Lipinski definition) is 0. The monoisotopic (exact) mass is 286 g/mol. The highest BCUT2D eigenvalue weighted by Crippen LogP contribution is 2.40. The average molecular weight is 286 g/mol. The molecule has 0 aromatic heterocycles. The van der Waals surface area contributed by atoms with Gasteiger partial charge in [0.05, 0.1) is 24.8 Å². The third kappa shape index (κ3) is 2.26. The van der Waals surface area contributed by atoms with Gasteiger partial charge < -0.3 is 14.4 Å². The average Bonchev–Trinajstić information content (AvgIpc) is 2.81. The number of morpholine rings is 1. The number of amides is 1. The lowest BCUT2D eigenvalue weighted by atomic mass is 9.96. The summed E-state index contributed by atoms with van der Waals surface area (Å²) in [5.74, 6) is 0.790. The van der Waals surface area contributed by atoms with Crippen molar-refractivity contribution in [2.75, 3.05) is 19.8 Å². The highest BCUT2D eigenvalue weighted by molar-refractivity contribution is 5.98. The molecule has 0 bridgehead atoms. The van der Waals surface area contributed by atoms with E-state index in [1.54, 1.807) is 11.0 Å². The number of para-hydroxylation sites is 1. The normalized spacial score (nSPS) is 27.7. The van der Waals surface area contributed by atoms with Crippen LogP contribution >= 0.6 is 0 Å². The zero-order valence-electron chi connectivity index (χ0n) is 12.2. The Morgan fingerprint density at radius 3 is 3.00 bits per heavy atom. The van der Waals surface area contributed by atoms with Gasteiger partial charge in [-0.25, -0.2) is 0 Å². The van der Waals surface area contributed by atoms with Gasteiger partial charge in [-0.1, -0.05) is 19.1 Å². The van der Waals surface area contributed by atoms with E-state index in [2.05, 4.69) is 13.0 Å². The van der Waals surface area contributed by atoms with Crippen molar-refractivity contribution in [3.05, 3.63) is 29.3 Å². The molecule has 1 aromatic carbocycles. The first-order valence-electron chi connectivity index (χ1n) is 7.21. The molecule has 0 unspecified atom stereocenters. The van der Waals surface area contributed by atoms with Crippen molar-refractivity contribution in [1.29, 1.82) is 5.26 Å². The van der Waals surface area contributed by atoms with Gasteiger partial charge in [0.25, 0.3) is 5.91 Å². The van der Waals surface area contributed by atoms with Gasteiger partial charge in [-0.2, -0.15) is 5.26 Å². The molecule has 3 rings (SSSR count). The summed E-state index contributed by atoms with van der Waals surface area (Å²) in [5, 5.41) is 9.18. The van der Waals surface area contributed by atoms with Crippen molar-refractivity contribution < 1.29 is 14.3 Å². The first-order valence-corrected chi connectivity index (χ1v) is 7.21. The molecule has 0 radical (unpaired) electrons.